The third kappa shape index (κ3) is 7.04. The Bertz CT molecular complexity index is 501. The van der Waals surface area contributed by atoms with Gasteiger partial charge in [0, 0.05) is 0 Å². The van der Waals surface area contributed by atoms with E-state index in [2.05, 4.69) is 9.47 Å². The van der Waals surface area contributed by atoms with Gasteiger partial charge in [0.1, 0.15) is 0 Å². The van der Waals surface area contributed by atoms with Crippen molar-refractivity contribution in [2.45, 2.75) is 12.8 Å². The molecular formula is C14H16O8. The highest BCUT2D eigenvalue weighted by Gasteiger charge is 2.13. The fraction of sp³-hybridized carbons (Fsp3) is 0.286. The van der Waals surface area contributed by atoms with E-state index in [0.717, 1.165) is 0 Å². The number of hydrogen-bond acceptors (Lipinski definition) is 6. The summed E-state index contributed by atoms with van der Waals surface area (Å²) in [6, 6.07) is 5.48. The number of carbonyl (C=O) groups excluding carboxylic acids is 2. The van der Waals surface area contributed by atoms with Gasteiger partial charge in [0.25, 0.3) is 0 Å². The van der Waals surface area contributed by atoms with Crippen LogP contribution in [0.25, 0.3) is 0 Å². The van der Waals surface area contributed by atoms with Crippen molar-refractivity contribution >= 4 is 23.9 Å². The van der Waals surface area contributed by atoms with E-state index >= 15 is 0 Å². The summed E-state index contributed by atoms with van der Waals surface area (Å²) >= 11 is 0. The Balaban J connectivity index is 0.000000409. The van der Waals surface area contributed by atoms with Crippen LogP contribution in [0.2, 0.25) is 0 Å². The zero-order valence-corrected chi connectivity index (χ0v) is 12.1. The summed E-state index contributed by atoms with van der Waals surface area (Å²) in [7, 11) is 2.55. The van der Waals surface area contributed by atoms with Crippen LogP contribution < -0.4 is 0 Å². The van der Waals surface area contributed by atoms with Gasteiger partial charge in [-0.25, -0.2) is 9.59 Å². The zero-order chi connectivity index (χ0) is 17.1. The quantitative estimate of drug-likeness (QED) is 0.776. The molecule has 120 valence electrons. The van der Waals surface area contributed by atoms with Crippen LogP contribution >= 0.6 is 0 Å². The van der Waals surface area contributed by atoms with E-state index < -0.39 is 23.9 Å². The van der Waals surface area contributed by atoms with Gasteiger partial charge in [-0.15, -0.1) is 0 Å². The van der Waals surface area contributed by atoms with Crippen molar-refractivity contribution in [2.75, 3.05) is 14.2 Å². The Hall–Kier alpha value is -2.90. The Morgan fingerprint density at radius 2 is 1.14 bits per heavy atom. The van der Waals surface area contributed by atoms with Crippen LogP contribution in [0.3, 0.4) is 0 Å². The number of rotatable bonds is 5. The summed E-state index contributed by atoms with van der Waals surface area (Å²) in [5.41, 5.74) is -0.380. The normalized spacial score (nSPS) is 9.00. The number of hydrogen-bond donors (Lipinski definition) is 2. The summed E-state index contributed by atoms with van der Waals surface area (Å²) < 4.78 is 8.60. The van der Waals surface area contributed by atoms with Crippen molar-refractivity contribution in [3.63, 3.8) is 0 Å². The highest BCUT2D eigenvalue weighted by Crippen LogP contribution is 2.07. The highest BCUT2D eigenvalue weighted by molar-refractivity contribution is 6.01. The lowest BCUT2D eigenvalue weighted by Gasteiger charge is -1.98. The molecule has 2 N–H and O–H groups in total. The molecule has 0 saturated carbocycles. The lowest BCUT2D eigenvalue weighted by Crippen LogP contribution is -2.06. The molecule has 0 aliphatic rings. The smallest absolute Gasteiger partial charge is 0.336 e. The van der Waals surface area contributed by atoms with E-state index in [0.29, 0.717) is 0 Å². The first-order valence-electron chi connectivity index (χ1n) is 6.02. The minimum atomic E-state index is -1.23. The van der Waals surface area contributed by atoms with Crippen molar-refractivity contribution in [1.29, 1.82) is 0 Å². The third-order valence-electron chi connectivity index (χ3n) is 2.38. The molecule has 1 rings (SSSR count). The molecule has 0 unspecified atom stereocenters. The number of aromatic carboxylic acids is 2. The maximum atomic E-state index is 10.5. The summed E-state index contributed by atoms with van der Waals surface area (Å²) in [6.45, 7) is 0. The first-order chi connectivity index (χ1) is 10.3. The highest BCUT2D eigenvalue weighted by atomic mass is 16.5. The number of carboxylic acid groups (broad SMARTS) is 2. The number of benzene rings is 1. The molecule has 0 aliphatic heterocycles. The summed E-state index contributed by atoms with van der Waals surface area (Å²) in [5.74, 6) is -3.25. The Kier molecular flexibility index (Phi) is 8.61. The standard InChI is InChI=1S/C8H6O4.C6H10O4/c9-7(10)5-3-1-2-4-6(5)8(11)12;1-9-5(7)3-4-6(8)10-2/h1-4H,(H,9,10)(H,11,12);3-4H2,1-2H3. The molecule has 0 heterocycles. The second-order valence-corrected chi connectivity index (χ2v) is 3.81. The molecular weight excluding hydrogens is 296 g/mol. The first kappa shape index (κ1) is 19.1. The van der Waals surface area contributed by atoms with Gasteiger partial charge in [-0.1, -0.05) is 12.1 Å². The Morgan fingerprint density at radius 1 is 0.818 bits per heavy atom. The topological polar surface area (TPSA) is 127 Å². The molecule has 8 heteroatoms. The number of methoxy groups -OCH3 is 2. The molecule has 22 heavy (non-hydrogen) atoms. The maximum absolute atomic E-state index is 10.5. The van der Waals surface area contributed by atoms with Gasteiger partial charge in [0.2, 0.25) is 0 Å². The van der Waals surface area contributed by atoms with Crippen molar-refractivity contribution in [3.8, 4) is 0 Å². The minimum absolute atomic E-state index is 0.0865. The van der Waals surface area contributed by atoms with Crippen LogP contribution in [0.4, 0.5) is 0 Å². The Labute approximate surface area is 126 Å². The largest absolute Gasteiger partial charge is 0.478 e. The minimum Gasteiger partial charge on any atom is -0.478 e. The molecule has 8 nitrogen and oxygen atoms in total. The Morgan fingerprint density at radius 3 is 1.36 bits per heavy atom. The number of esters is 2. The average molecular weight is 312 g/mol. The van der Waals surface area contributed by atoms with Crippen LogP contribution in [-0.2, 0) is 19.1 Å². The van der Waals surface area contributed by atoms with Crippen LogP contribution in [-0.4, -0.2) is 48.3 Å². The van der Waals surface area contributed by atoms with Gasteiger partial charge >= 0.3 is 23.9 Å². The monoisotopic (exact) mass is 312 g/mol. The van der Waals surface area contributed by atoms with Gasteiger partial charge in [-0.05, 0) is 12.1 Å². The van der Waals surface area contributed by atoms with Gasteiger partial charge in [-0.2, -0.15) is 0 Å². The van der Waals surface area contributed by atoms with Crippen LogP contribution in [0.1, 0.15) is 33.6 Å². The lowest BCUT2D eigenvalue weighted by atomic mass is 10.1. The molecule has 0 saturated heterocycles. The van der Waals surface area contributed by atoms with E-state index in [9.17, 15) is 19.2 Å². The van der Waals surface area contributed by atoms with Gasteiger partial charge in [-0.3, -0.25) is 9.59 Å². The van der Waals surface area contributed by atoms with Crippen LogP contribution in [0.15, 0.2) is 24.3 Å². The number of ether oxygens (including phenoxy) is 2. The molecule has 0 amide bonds. The number of carbonyl (C=O) groups is 4. The summed E-state index contributed by atoms with van der Waals surface area (Å²) in [6.07, 6.45) is 0.173. The van der Waals surface area contributed by atoms with Gasteiger partial charge in [0.15, 0.2) is 0 Å². The SMILES string of the molecule is COC(=O)CCC(=O)OC.O=C(O)c1ccccc1C(=O)O. The van der Waals surface area contributed by atoms with E-state index in [1.165, 1.54) is 38.5 Å². The fourth-order valence-electron chi connectivity index (χ4n) is 1.26. The summed E-state index contributed by atoms with van der Waals surface area (Å²) in [5, 5.41) is 17.1. The first-order valence-corrected chi connectivity index (χ1v) is 6.02. The molecule has 0 spiro atoms. The van der Waals surface area contributed by atoms with Crippen LogP contribution in [0.5, 0.6) is 0 Å². The van der Waals surface area contributed by atoms with Gasteiger partial charge < -0.3 is 19.7 Å². The van der Waals surface area contributed by atoms with Crippen molar-refractivity contribution in [2.24, 2.45) is 0 Å². The molecule has 0 aliphatic carbocycles. The second kappa shape index (κ2) is 9.92. The zero-order valence-electron chi connectivity index (χ0n) is 12.1. The predicted octanol–water partition coefficient (Wildman–Crippen LogP) is 1.20. The fourth-order valence-corrected chi connectivity index (χ4v) is 1.26. The van der Waals surface area contributed by atoms with Crippen molar-refractivity contribution < 1.29 is 38.9 Å². The van der Waals surface area contributed by atoms with E-state index in [4.69, 9.17) is 10.2 Å². The summed E-state index contributed by atoms with van der Waals surface area (Å²) in [4.78, 5) is 41.7. The maximum Gasteiger partial charge on any atom is 0.336 e. The number of carboxylic acids is 2. The molecule has 0 atom stereocenters. The molecule has 0 fully saturated rings. The van der Waals surface area contributed by atoms with Crippen molar-refractivity contribution in [1.82, 2.24) is 0 Å². The van der Waals surface area contributed by atoms with E-state index in [-0.39, 0.29) is 24.0 Å². The van der Waals surface area contributed by atoms with Crippen molar-refractivity contribution in [3.05, 3.63) is 35.4 Å². The predicted molar refractivity (Wildman–Crippen MR) is 73.6 cm³/mol. The third-order valence-corrected chi connectivity index (χ3v) is 2.38. The van der Waals surface area contributed by atoms with E-state index in [1.54, 1.807) is 0 Å². The molecule has 1 aromatic carbocycles. The molecule has 0 aromatic heterocycles. The second-order valence-electron chi connectivity index (χ2n) is 3.81. The van der Waals surface area contributed by atoms with E-state index in [1.807, 2.05) is 0 Å². The average Bonchev–Trinajstić information content (AvgIpc) is 2.52. The van der Waals surface area contributed by atoms with Crippen LogP contribution in [0, 0.1) is 0 Å². The molecule has 0 bridgehead atoms. The van der Waals surface area contributed by atoms with Gasteiger partial charge in [0.05, 0.1) is 38.2 Å². The lowest BCUT2D eigenvalue weighted by molar-refractivity contribution is -0.147. The molecule has 1 aromatic rings. The molecule has 0 radical (unpaired) electrons.